The number of aliphatic hydroxyl groups is 1. The van der Waals surface area contributed by atoms with Crippen LogP contribution in [-0.4, -0.2) is 44.7 Å². The van der Waals surface area contributed by atoms with Crippen LogP contribution in [0.15, 0.2) is 47.4 Å². The highest BCUT2D eigenvalue weighted by Crippen LogP contribution is 2.31. The number of aryl methyl sites for hydroxylation is 1. The van der Waals surface area contributed by atoms with Gasteiger partial charge in [0.1, 0.15) is 18.5 Å². The van der Waals surface area contributed by atoms with Gasteiger partial charge in [-0.3, -0.25) is 4.79 Å². The van der Waals surface area contributed by atoms with Gasteiger partial charge in [-0.25, -0.2) is 13.1 Å². The Bertz CT molecular complexity index is 1090. The molecule has 0 heterocycles. The van der Waals surface area contributed by atoms with E-state index in [0.717, 1.165) is 25.0 Å². The summed E-state index contributed by atoms with van der Waals surface area (Å²) in [5, 5.41) is 12.5. The van der Waals surface area contributed by atoms with Crippen LogP contribution >= 0.6 is 0 Å². The first-order valence-electron chi connectivity index (χ1n) is 9.85. The highest BCUT2D eigenvalue weighted by molar-refractivity contribution is 7.89. The number of amides is 1. The largest absolute Gasteiger partial charge is 0.491 e. The van der Waals surface area contributed by atoms with E-state index in [4.69, 9.17) is 4.74 Å². The molecule has 1 aliphatic carbocycles. The average Bonchev–Trinajstić information content (AvgIpc) is 3.53. The van der Waals surface area contributed by atoms with Crippen molar-refractivity contribution in [3.63, 3.8) is 0 Å². The topological polar surface area (TPSA) is 105 Å². The third-order valence-corrected chi connectivity index (χ3v) is 6.28. The van der Waals surface area contributed by atoms with Crippen molar-refractivity contribution >= 4 is 15.9 Å². The first-order chi connectivity index (χ1) is 15.0. The molecule has 2 aromatic carbocycles. The van der Waals surface area contributed by atoms with Gasteiger partial charge in [0.2, 0.25) is 10.0 Å². The Kier molecular flexibility index (Phi) is 7.11. The summed E-state index contributed by atoms with van der Waals surface area (Å²) in [6.45, 7) is 1.06. The predicted octanol–water partition coefficient (Wildman–Crippen LogP) is 2.62. The summed E-state index contributed by atoms with van der Waals surface area (Å²) in [5.41, 5.74) is -0.198. The van der Waals surface area contributed by atoms with E-state index in [1.807, 2.05) is 0 Å². The number of rotatable bonds is 9. The second-order valence-electron chi connectivity index (χ2n) is 7.57. The summed E-state index contributed by atoms with van der Waals surface area (Å²) in [7, 11) is -3.73. The summed E-state index contributed by atoms with van der Waals surface area (Å²) in [5.74, 6) is -0.661. The molecule has 0 saturated heterocycles. The van der Waals surface area contributed by atoms with Gasteiger partial charge >= 0.3 is 6.18 Å². The normalized spacial score (nSPS) is 15.3. The molecule has 174 valence electrons. The lowest BCUT2D eigenvalue weighted by molar-refractivity contribution is -0.137. The van der Waals surface area contributed by atoms with E-state index in [1.54, 1.807) is 6.92 Å². The number of alkyl halides is 3. The molecule has 0 bridgehead atoms. The third-order valence-electron chi connectivity index (χ3n) is 4.77. The number of sulfonamides is 1. The van der Waals surface area contributed by atoms with Crippen LogP contribution in [0.25, 0.3) is 0 Å². The summed E-state index contributed by atoms with van der Waals surface area (Å²) >= 11 is 0. The maximum absolute atomic E-state index is 12.7. The van der Waals surface area contributed by atoms with Crippen LogP contribution in [0.4, 0.5) is 13.2 Å². The van der Waals surface area contributed by atoms with Crippen LogP contribution < -0.4 is 14.8 Å². The smallest absolute Gasteiger partial charge is 0.416 e. The molecule has 0 aliphatic heterocycles. The number of benzene rings is 2. The second-order valence-corrected chi connectivity index (χ2v) is 9.29. The van der Waals surface area contributed by atoms with E-state index in [1.165, 1.54) is 30.3 Å². The molecule has 0 spiro atoms. The SMILES string of the molecule is Cc1ccc(S(=O)(=O)NC2CC2)cc1C(=O)NCC(O)COc1cccc(C(F)(F)F)c1. The molecule has 32 heavy (non-hydrogen) atoms. The van der Waals surface area contributed by atoms with Crippen LogP contribution in [0.5, 0.6) is 5.75 Å². The lowest BCUT2D eigenvalue weighted by Crippen LogP contribution is -2.35. The summed E-state index contributed by atoms with van der Waals surface area (Å²) in [6, 6.07) is 8.35. The number of nitrogens with one attached hydrogen (secondary N) is 2. The number of ether oxygens (including phenoxy) is 1. The maximum Gasteiger partial charge on any atom is 0.416 e. The molecule has 11 heteroatoms. The van der Waals surface area contributed by atoms with Crippen LogP contribution in [-0.2, 0) is 16.2 Å². The fourth-order valence-corrected chi connectivity index (χ4v) is 4.15. The number of hydrogen-bond donors (Lipinski definition) is 3. The molecule has 7 nitrogen and oxygen atoms in total. The number of aliphatic hydroxyl groups excluding tert-OH is 1. The molecule has 1 aliphatic rings. The summed E-state index contributed by atoms with van der Waals surface area (Å²) in [6.07, 6.45) is -4.16. The minimum atomic E-state index is -4.51. The van der Waals surface area contributed by atoms with Gasteiger partial charge in [0, 0.05) is 18.2 Å². The molecule has 0 aromatic heterocycles. The Labute approximate surface area is 183 Å². The third kappa shape index (κ3) is 6.44. The van der Waals surface area contributed by atoms with Gasteiger partial charge in [-0.2, -0.15) is 13.2 Å². The Morgan fingerprint density at radius 1 is 1.22 bits per heavy atom. The fourth-order valence-electron chi connectivity index (χ4n) is 2.82. The van der Waals surface area contributed by atoms with Crippen LogP contribution in [0, 0.1) is 6.92 Å². The number of carbonyl (C=O) groups excluding carboxylic acids is 1. The second kappa shape index (κ2) is 9.47. The van der Waals surface area contributed by atoms with Gasteiger partial charge in [0.15, 0.2) is 0 Å². The van der Waals surface area contributed by atoms with Crippen molar-refractivity contribution in [2.75, 3.05) is 13.2 Å². The number of hydrogen-bond acceptors (Lipinski definition) is 5. The maximum atomic E-state index is 12.7. The van der Waals surface area contributed by atoms with Gasteiger partial charge in [0.25, 0.3) is 5.91 Å². The fraction of sp³-hybridized carbons (Fsp3) is 0.381. The quantitative estimate of drug-likeness (QED) is 0.521. The average molecular weight is 472 g/mol. The molecule has 1 amide bonds. The molecule has 0 radical (unpaired) electrons. The molecule has 1 unspecified atom stereocenters. The van der Waals surface area contributed by atoms with Gasteiger partial charge < -0.3 is 15.2 Å². The standard InChI is InChI=1S/C21H23F3N2O5S/c1-13-5-8-18(32(29,30)26-15-6-7-15)10-19(13)20(28)25-11-16(27)12-31-17-4-2-3-14(9-17)21(22,23)24/h2-5,8-10,15-16,26-27H,6-7,11-12H2,1H3,(H,25,28). The van der Waals surface area contributed by atoms with Gasteiger partial charge in [-0.15, -0.1) is 0 Å². The van der Waals surface area contributed by atoms with Crippen molar-refractivity contribution in [3.05, 3.63) is 59.2 Å². The van der Waals surface area contributed by atoms with Crippen molar-refractivity contribution in [2.45, 2.75) is 43.0 Å². The predicted molar refractivity (Wildman–Crippen MR) is 110 cm³/mol. The zero-order valence-electron chi connectivity index (χ0n) is 17.1. The molecule has 1 fully saturated rings. The van der Waals surface area contributed by atoms with Gasteiger partial charge in [-0.05, 0) is 55.7 Å². The Hall–Kier alpha value is -2.63. The zero-order valence-corrected chi connectivity index (χ0v) is 18.0. The van der Waals surface area contributed by atoms with E-state index in [-0.39, 0.29) is 35.4 Å². The number of halogens is 3. The number of carbonyl (C=O) groups is 1. The minimum Gasteiger partial charge on any atom is -0.491 e. The van der Waals surface area contributed by atoms with Crippen LogP contribution in [0.1, 0.15) is 34.3 Å². The first-order valence-corrected chi connectivity index (χ1v) is 11.3. The van der Waals surface area contributed by atoms with E-state index >= 15 is 0 Å². The van der Waals surface area contributed by atoms with E-state index < -0.39 is 33.8 Å². The van der Waals surface area contributed by atoms with Crippen molar-refractivity contribution in [1.82, 2.24) is 10.0 Å². The minimum absolute atomic E-state index is 0.0337. The summed E-state index contributed by atoms with van der Waals surface area (Å²) in [4.78, 5) is 12.5. The van der Waals surface area contributed by atoms with Crippen molar-refractivity contribution in [1.29, 1.82) is 0 Å². The van der Waals surface area contributed by atoms with E-state index in [9.17, 15) is 31.5 Å². The highest BCUT2D eigenvalue weighted by Gasteiger charge is 2.31. The van der Waals surface area contributed by atoms with Crippen LogP contribution in [0.2, 0.25) is 0 Å². The van der Waals surface area contributed by atoms with Gasteiger partial charge in [-0.1, -0.05) is 12.1 Å². The molecular formula is C21H23F3N2O5S. The Morgan fingerprint density at radius 3 is 2.59 bits per heavy atom. The van der Waals surface area contributed by atoms with E-state index in [0.29, 0.717) is 5.56 Å². The van der Waals surface area contributed by atoms with E-state index in [2.05, 4.69) is 10.0 Å². The molecule has 3 rings (SSSR count). The Morgan fingerprint density at radius 2 is 1.94 bits per heavy atom. The van der Waals surface area contributed by atoms with Crippen LogP contribution in [0.3, 0.4) is 0 Å². The zero-order chi connectivity index (χ0) is 23.5. The molecule has 3 N–H and O–H groups in total. The highest BCUT2D eigenvalue weighted by atomic mass is 32.2. The van der Waals surface area contributed by atoms with Crippen molar-refractivity contribution in [3.8, 4) is 5.75 Å². The molecule has 1 saturated carbocycles. The lowest BCUT2D eigenvalue weighted by atomic mass is 10.1. The lowest BCUT2D eigenvalue weighted by Gasteiger charge is -2.15. The molecular weight excluding hydrogens is 449 g/mol. The monoisotopic (exact) mass is 472 g/mol. The molecule has 2 aromatic rings. The first kappa shape index (κ1) is 24.0. The van der Waals surface area contributed by atoms with Crippen molar-refractivity contribution < 1.29 is 36.2 Å². The van der Waals surface area contributed by atoms with Crippen molar-refractivity contribution in [2.24, 2.45) is 0 Å². The summed E-state index contributed by atoms with van der Waals surface area (Å²) < 4.78 is 70.7. The van der Waals surface area contributed by atoms with Gasteiger partial charge in [0.05, 0.1) is 10.5 Å². The Balaban J connectivity index is 1.56. The molecule has 1 atom stereocenters.